The zero-order valence-corrected chi connectivity index (χ0v) is 8.23. The van der Waals surface area contributed by atoms with Gasteiger partial charge < -0.3 is 8.83 Å². The Morgan fingerprint density at radius 1 is 1.33 bits per heavy atom. The molecule has 74 valence electrons. The van der Waals surface area contributed by atoms with Crippen LogP contribution < -0.4 is 0 Å². The van der Waals surface area contributed by atoms with Crippen LogP contribution in [0.25, 0.3) is 22.9 Å². The van der Waals surface area contributed by atoms with Crippen molar-refractivity contribution in [1.82, 2.24) is 9.97 Å². The molecular weight excluding hydrogens is 216 g/mol. The van der Waals surface area contributed by atoms with Gasteiger partial charge >= 0.3 is 0 Å². The van der Waals surface area contributed by atoms with Crippen molar-refractivity contribution in [3.63, 3.8) is 0 Å². The van der Waals surface area contributed by atoms with Gasteiger partial charge in [0.2, 0.25) is 0 Å². The predicted octanol–water partition coefficient (Wildman–Crippen LogP) is 3.14. The molecule has 0 fully saturated rings. The van der Waals surface area contributed by atoms with Gasteiger partial charge in [-0.15, -0.1) is 0 Å². The summed E-state index contributed by atoms with van der Waals surface area (Å²) in [4.78, 5) is 8.20. The minimum absolute atomic E-state index is 0.407. The SMILES string of the molecule is Clc1cnc2nc(-c3ccco3)oc2c1. The first-order valence-electron chi connectivity index (χ1n) is 4.29. The second kappa shape index (κ2) is 3.10. The molecule has 0 atom stereocenters. The fourth-order valence-electron chi connectivity index (χ4n) is 1.30. The van der Waals surface area contributed by atoms with Gasteiger partial charge in [0.05, 0.1) is 11.3 Å². The van der Waals surface area contributed by atoms with E-state index in [1.807, 2.05) is 0 Å². The number of rotatable bonds is 1. The van der Waals surface area contributed by atoms with Crippen LogP contribution in [-0.2, 0) is 0 Å². The quantitative estimate of drug-likeness (QED) is 0.632. The van der Waals surface area contributed by atoms with E-state index in [4.69, 9.17) is 20.4 Å². The Bertz CT molecular complexity index is 601. The van der Waals surface area contributed by atoms with Crippen molar-refractivity contribution in [2.75, 3.05) is 0 Å². The van der Waals surface area contributed by atoms with Crippen molar-refractivity contribution in [2.45, 2.75) is 0 Å². The lowest BCUT2D eigenvalue weighted by molar-refractivity contribution is 0.535. The van der Waals surface area contributed by atoms with Crippen molar-refractivity contribution >= 4 is 22.8 Å². The third-order valence-corrected chi connectivity index (χ3v) is 2.15. The molecule has 15 heavy (non-hydrogen) atoms. The van der Waals surface area contributed by atoms with Gasteiger partial charge in [-0.1, -0.05) is 11.6 Å². The lowest BCUT2D eigenvalue weighted by Crippen LogP contribution is -1.75. The highest BCUT2D eigenvalue weighted by Crippen LogP contribution is 2.24. The van der Waals surface area contributed by atoms with Crippen molar-refractivity contribution in [1.29, 1.82) is 0 Å². The second-order valence-corrected chi connectivity index (χ2v) is 3.41. The van der Waals surface area contributed by atoms with Crippen LogP contribution in [0, 0.1) is 0 Å². The number of pyridine rings is 1. The minimum Gasteiger partial charge on any atom is -0.459 e. The van der Waals surface area contributed by atoms with Crippen LogP contribution >= 0.6 is 11.6 Å². The molecule has 0 aromatic carbocycles. The molecule has 3 heterocycles. The Morgan fingerprint density at radius 2 is 2.27 bits per heavy atom. The molecule has 0 bridgehead atoms. The van der Waals surface area contributed by atoms with E-state index in [2.05, 4.69) is 9.97 Å². The van der Waals surface area contributed by atoms with E-state index in [9.17, 15) is 0 Å². The van der Waals surface area contributed by atoms with Crippen LogP contribution in [0.15, 0.2) is 39.5 Å². The molecule has 4 nitrogen and oxygen atoms in total. The summed E-state index contributed by atoms with van der Waals surface area (Å²) in [6, 6.07) is 5.21. The largest absolute Gasteiger partial charge is 0.459 e. The number of oxazole rings is 1. The number of hydrogen-bond acceptors (Lipinski definition) is 4. The summed E-state index contributed by atoms with van der Waals surface area (Å²) in [7, 11) is 0. The molecule has 5 heteroatoms. The molecule has 0 N–H and O–H groups in total. The van der Waals surface area contributed by atoms with Gasteiger partial charge in [-0.2, -0.15) is 4.98 Å². The number of fused-ring (bicyclic) bond motifs is 1. The minimum atomic E-state index is 0.407. The highest BCUT2D eigenvalue weighted by atomic mass is 35.5. The van der Waals surface area contributed by atoms with Crippen molar-refractivity contribution < 1.29 is 8.83 Å². The third-order valence-electron chi connectivity index (χ3n) is 1.95. The van der Waals surface area contributed by atoms with Gasteiger partial charge in [-0.05, 0) is 12.1 Å². The molecule has 3 rings (SSSR count). The lowest BCUT2D eigenvalue weighted by atomic mass is 10.4. The summed E-state index contributed by atoms with van der Waals surface area (Å²) in [5, 5.41) is 0.518. The van der Waals surface area contributed by atoms with Crippen molar-refractivity contribution in [3.8, 4) is 11.7 Å². The van der Waals surface area contributed by atoms with E-state index < -0.39 is 0 Å². The average molecular weight is 221 g/mol. The molecule has 0 aliphatic rings. The number of halogens is 1. The maximum atomic E-state index is 5.78. The molecule has 3 aromatic heterocycles. The molecule has 0 saturated carbocycles. The van der Waals surface area contributed by atoms with E-state index in [1.54, 1.807) is 24.5 Å². The Kier molecular flexibility index (Phi) is 1.76. The summed E-state index contributed by atoms with van der Waals surface area (Å²) in [6.45, 7) is 0. The van der Waals surface area contributed by atoms with Gasteiger partial charge in [0, 0.05) is 12.3 Å². The fourth-order valence-corrected chi connectivity index (χ4v) is 1.45. The first kappa shape index (κ1) is 8.49. The number of nitrogens with zero attached hydrogens (tertiary/aromatic N) is 2. The normalized spacial score (nSPS) is 11.0. The summed E-state index contributed by atoms with van der Waals surface area (Å²) >= 11 is 5.78. The topological polar surface area (TPSA) is 52.1 Å². The van der Waals surface area contributed by atoms with Gasteiger partial charge in [-0.25, -0.2) is 4.98 Å². The maximum Gasteiger partial charge on any atom is 0.265 e. The van der Waals surface area contributed by atoms with E-state index in [-0.39, 0.29) is 0 Å². The smallest absolute Gasteiger partial charge is 0.265 e. The molecule has 0 radical (unpaired) electrons. The average Bonchev–Trinajstić information content (AvgIpc) is 2.84. The number of aromatic nitrogens is 2. The standard InChI is InChI=1S/C10H5ClN2O2/c11-6-4-8-9(12-5-6)13-10(15-8)7-2-1-3-14-7/h1-5H. The van der Waals surface area contributed by atoms with Crippen molar-refractivity contribution in [3.05, 3.63) is 35.7 Å². The maximum absolute atomic E-state index is 5.78. The van der Waals surface area contributed by atoms with Gasteiger partial charge in [0.1, 0.15) is 0 Å². The zero-order valence-electron chi connectivity index (χ0n) is 7.48. The molecule has 0 spiro atoms. The Labute approximate surface area is 89.5 Å². The highest BCUT2D eigenvalue weighted by Gasteiger charge is 2.11. The summed E-state index contributed by atoms with van der Waals surface area (Å²) in [5.74, 6) is 0.980. The molecule has 0 aliphatic carbocycles. The monoisotopic (exact) mass is 220 g/mol. The van der Waals surface area contributed by atoms with Crippen LogP contribution in [0.2, 0.25) is 5.02 Å². The van der Waals surface area contributed by atoms with Crippen LogP contribution in [0.1, 0.15) is 0 Å². The predicted molar refractivity (Wildman–Crippen MR) is 54.5 cm³/mol. The van der Waals surface area contributed by atoms with Crippen LogP contribution in [0.4, 0.5) is 0 Å². The first-order chi connectivity index (χ1) is 7.33. The Morgan fingerprint density at radius 3 is 3.07 bits per heavy atom. The lowest BCUT2D eigenvalue weighted by Gasteiger charge is -1.85. The molecule has 0 saturated heterocycles. The second-order valence-electron chi connectivity index (χ2n) is 2.97. The van der Waals surface area contributed by atoms with Crippen LogP contribution in [-0.4, -0.2) is 9.97 Å². The molecule has 0 unspecified atom stereocenters. The molecule has 0 amide bonds. The zero-order chi connectivity index (χ0) is 10.3. The summed E-state index contributed by atoms with van der Waals surface area (Å²) in [5.41, 5.74) is 1.07. The third kappa shape index (κ3) is 1.39. The van der Waals surface area contributed by atoms with E-state index in [0.29, 0.717) is 27.9 Å². The number of furan rings is 1. The van der Waals surface area contributed by atoms with E-state index >= 15 is 0 Å². The summed E-state index contributed by atoms with van der Waals surface area (Å²) < 4.78 is 10.6. The Balaban J connectivity index is 2.22. The highest BCUT2D eigenvalue weighted by molar-refractivity contribution is 6.30. The molecule has 0 aliphatic heterocycles. The van der Waals surface area contributed by atoms with Gasteiger partial charge in [0.25, 0.3) is 5.89 Å². The first-order valence-corrected chi connectivity index (χ1v) is 4.67. The number of hydrogen-bond donors (Lipinski definition) is 0. The van der Waals surface area contributed by atoms with Crippen LogP contribution in [0.3, 0.4) is 0 Å². The van der Waals surface area contributed by atoms with Crippen LogP contribution in [0.5, 0.6) is 0 Å². The van der Waals surface area contributed by atoms with E-state index in [0.717, 1.165) is 0 Å². The van der Waals surface area contributed by atoms with Crippen molar-refractivity contribution in [2.24, 2.45) is 0 Å². The summed E-state index contributed by atoms with van der Waals surface area (Å²) in [6.07, 6.45) is 3.09. The van der Waals surface area contributed by atoms with Gasteiger partial charge in [0.15, 0.2) is 17.0 Å². The van der Waals surface area contributed by atoms with E-state index in [1.165, 1.54) is 6.20 Å². The Hall–Kier alpha value is -1.81. The fraction of sp³-hybridized carbons (Fsp3) is 0. The van der Waals surface area contributed by atoms with Gasteiger partial charge in [-0.3, -0.25) is 0 Å². The molecule has 3 aromatic rings. The molecular formula is C10H5ClN2O2.